The van der Waals surface area contributed by atoms with Gasteiger partial charge in [-0.3, -0.25) is 0 Å². The van der Waals surface area contributed by atoms with E-state index in [1.54, 1.807) is 11.8 Å². The Labute approximate surface area is 130 Å². The van der Waals surface area contributed by atoms with Gasteiger partial charge in [-0.25, -0.2) is 0 Å². The number of thioether (sulfide) groups is 1. The van der Waals surface area contributed by atoms with Crippen LogP contribution in [0.5, 0.6) is 5.75 Å². The smallest absolute Gasteiger partial charge is 0.119 e. The van der Waals surface area contributed by atoms with E-state index in [4.69, 9.17) is 10.5 Å². The molecule has 4 heteroatoms. The minimum absolute atomic E-state index is 0.201. The zero-order valence-electron chi connectivity index (χ0n) is 12.1. The Bertz CT molecular complexity index is 530. The second-order valence-corrected chi connectivity index (χ2v) is 5.79. The highest BCUT2D eigenvalue weighted by atomic mass is 32.2. The number of benzene rings is 2. The van der Waals surface area contributed by atoms with Crippen molar-refractivity contribution in [1.82, 2.24) is 0 Å². The van der Waals surface area contributed by atoms with E-state index >= 15 is 0 Å². The fraction of sp³-hybridized carbons (Fsp3) is 0.294. The summed E-state index contributed by atoms with van der Waals surface area (Å²) in [6, 6.07) is 17.4. The highest BCUT2D eigenvalue weighted by molar-refractivity contribution is 7.98. The lowest BCUT2D eigenvalue weighted by Gasteiger charge is -2.19. The molecule has 0 saturated carbocycles. The normalized spacial score (nSPS) is 13.7. The third-order valence-corrected chi connectivity index (χ3v) is 4.03. The Morgan fingerprint density at radius 1 is 1.10 bits per heavy atom. The van der Waals surface area contributed by atoms with Crippen LogP contribution in [0.25, 0.3) is 0 Å². The van der Waals surface area contributed by atoms with Gasteiger partial charge in [-0.05, 0) is 42.5 Å². The molecule has 2 atom stereocenters. The maximum Gasteiger partial charge on any atom is 0.119 e. The zero-order chi connectivity index (χ0) is 15.1. The Kier molecular flexibility index (Phi) is 6.11. The molecule has 2 aromatic carbocycles. The van der Waals surface area contributed by atoms with Crippen LogP contribution in [-0.4, -0.2) is 30.1 Å². The van der Waals surface area contributed by atoms with E-state index in [-0.39, 0.29) is 12.6 Å². The van der Waals surface area contributed by atoms with E-state index < -0.39 is 6.10 Å². The van der Waals surface area contributed by atoms with Crippen LogP contribution in [0.2, 0.25) is 0 Å². The Hall–Kier alpha value is -1.49. The summed E-state index contributed by atoms with van der Waals surface area (Å²) in [5.74, 6) is 0.749. The van der Waals surface area contributed by atoms with Crippen molar-refractivity contribution >= 4 is 11.8 Å². The minimum Gasteiger partial charge on any atom is -0.491 e. The first kappa shape index (κ1) is 15.9. The van der Waals surface area contributed by atoms with Crippen LogP contribution in [0.3, 0.4) is 0 Å². The molecule has 0 aliphatic heterocycles. The second-order valence-electron chi connectivity index (χ2n) is 4.91. The average molecular weight is 303 g/mol. The molecule has 0 fully saturated rings. The molecule has 0 bridgehead atoms. The van der Waals surface area contributed by atoms with Crippen molar-refractivity contribution in [3.8, 4) is 5.75 Å². The molecule has 0 amide bonds. The maximum absolute atomic E-state index is 10.1. The Balaban J connectivity index is 1.81. The zero-order valence-corrected chi connectivity index (χ0v) is 12.9. The van der Waals surface area contributed by atoms with Gasteiger partial charge in [-0.2, -0.15) is 0 Å². The van der Waals surface area contributed by atoms with Gasteiger partial charge in [0.15, 0.2) is 0 Å². The van der Waals surface area contributed by atoms with Gasteiger partial charge in [0.1, 0.15) is 18.5 Å². The number of rotatable bonds is 7. The lowest BCUT2D eigenvalue weighted by molar-refractivity contribution is 0.0851. The number of hydrogen-bond acceptors (Lipinski definition) is 4. The average Bonchev–Trinajstić information content (AvgIpc) is 2.54. The summed E-state index contributed by atoms with van der Waals surface area (Å²) >= 11 is 1.68. The molecular weight excluding hydrogens is 282 g/mol. The van der Waals surface area contributed by atoms with Gasteiger partial charge < -0.3 is 15.6 Å². The Morgan fingerprint density at radius 2 is 1.76 bits per heavy atom. The predicted molar refractivity (Wildman–Crippen MR) is 87.8 cm³/mol. The monoisotopic (exact) mass is 303 g/mol. The first-order chi connectivity index (χ1) is 10.2. The molecule has 0 heterocycles. The van der Waals surface area contributed by atoms with E-state index in [0.717, 1.165) is 11.3 Å². The van der Waals surface area contributed by atoms with E-state index in [0.29, 0.717) is 6.42 Å². The van der Waals surface area contributed by atoms with Crippen molar-refractivity contribution in [3.05, 3.63) is 60.2 Å². The highest BCUT2D eigenvalue weighted by Crippen LogP contribution is 2.19. The summed E-state index contributed by atoms with van der Waals surface area (Å²) in [5.41, 5.74) is 7.14. The lowest BCUT2D eigenvalue weighted by atomic mass is 10.0. The molecule has 2 unspecified atom stereocenters. The molecule has 112 valence electrons. The molecule has 21 heavy (non-hydrogen) atoms. The fourth-order valence-corrected chi connectivity index (χ4v) is 2.41. The van der Waals surface area contributed by atoms with Crippen LogP contribution in [0.4, 0.5) is 0 Å². The predicted octanol–water partition coefficient (Wildman–Crippen LogP) is 2.72. The van der Waals surface area contributed by atoms with E-state index in [1.807, 2.05) is 60.9 Å². The molecule has 0 aliphatic rings. The minimum atomic E-state index is -0.689. The van der Waals surface area contributed by atoms with Crippen LogP contribution < -0.4 is 10.5 Å². The third-order valence-electron chi connectivity index (χ3n) is 3.29. The number of nitrogens with two attached hydrogens (primary N) is 1. The van der Waals surface area contributed by atoms with Crippen molar-refractivity contribution in [1.29, 1.82) is 0 Å². The number of aliphatic hydroxyl groups excluding tert-OH is 1. The molecule has 0 aliphatic carbocycles. The molecule has 2 aromatic rings. The quantitative estimate of drug-likeness (QED) is 0.772. The van der Waals surface area contributed by atoms with Crippen molar-refractivity contribution in [2.75, 3.05) is 12.9 Å². The second kappa shape index (κ2) is 8.08. The summed E-state index contributed by atoms with van der Waals surface area (Å²) in [7, 11) is 0. The van der Waals surface area contributed by atoms with Crippen LogP contribution in [0.15, 0.2) is 59.5 Å². The molecule has 3 nitrogen and oxygen atoms in total. The summed E-state index contributed by atoms with van der Waals surface area (Å²) in [4.78, 5) is 1.18. The summed E-state index contributed by atoms with van der Waals surface area (Å²) in [6.45, 7) is 0.201. The first-order valence-corrected chi connectivity index (χ1v) is 8.16. The number of ether oxygens (including phenoxy) is 1. The molecule has 3 N–H and O–H groups in total. The molecular formula is C17H21NO2S. The van der Waals surface area contributed by atoms with Crippen molar-refractivity contribution in [2.24, 2.45) is 5.73 Å². The van der Waals surface area contributed by atoms with Crippen LogP contribution in [0, 0.1) is 0 Å². The molecule has 0 spiro atoms. The van der Waals surface area contributed by atoms with Crippen LogP contribution in [-0.2, 0) is 6.42 Å². The van der Waals surface area contributed by atoms with Crippen molar-refractivity contribution < 1.29 is 9.84 Å². The van der Waals surface area contributed by atoms with Gasteiger partial charge in [0, 0.05) is 10.9 Å². The van der Waals surface area contributed by atoms with Crippen LogP contribution in [0.1, 0.15) is 5.56 Å². The standard InChI is InChI=1S/C17H21NO2S/c1-21-15-9-7-14(8-10-15)20-12-17(19)16(18)11-13-5-3-2-4-6-13/h2-10,16-17,19H,11-12,18H2,1H3. The highest BCUT2D eigenvalue weighted by Gasteiger charge is 2.16. The van der Waals surface area contributed by atoms with Gasteiger partial charge in [0.25, 0.3) is 0 Å². The fourth-order valence-electron chi connectivity index (χ4n) is 2.00. The third kappa shape index (κ3) is 5.08. The van der Waals surface area contributed by atoms with Gasteiger partial charge in [0.2, 0.25) is 0 Å². The summed E-state index contributed by atoms with van der Waals surface area (Å²) in [6.07, 6.45) is 1.98. The molecule has 0 aromatic heterocycles. The van der Waals surface area contributed by atoms with Gasteiger partial charge in [-0.1, -0.05) is 30.3 Å². The van der Waals surface area contributed by atoms with Crippen molar-refractivity contribution in [2.45, 2.75) is 23.5 Å². The van der Waals surface area contributed by atoms with Gasteiger partial charge in [0.05, 0.1) is 0 Å². The lowest BCUT2D eigenvalue weighted by Crippen LogP contribution is -2.40. The maximum atomic E-state index is 10.1. The van der Waals surface area contributed by atoms with Crippen molar-refractivity contribution in [3.63, 3.8) is 0 Å². The van der Waals surface area contributed by atoms with E-state index in [2.05, 4.69) is 0 Å². The topological polar surface area (TPSA) is 55.5 Å². The van der Waals surface area contributed by atoms with Gasteiger partial charge >= 0.3 is 0 Å². The molecule has 0 radical (unpaired) electrons. The largest absolute Gasteiger partial charge is 0.491 e. The summed E-state index contributed by atoms with van der Waals surface area (Å²) < 4.78 is 5.59. The summed E-state index contributed by atoms with van der Waals surface area (Å²) in [5, 5.41) is 10.1. The number of aliphatic hydroxyl groups is 1. The molecule has 2 rings (SSSR count). The van der Waals surface area contributed by atoms with Crippen LogP contribution >= 0.6 is 11.8 Å². The van der Waals surface area contributed by atoms with E-state index in [9.17, 15) is 5.11 Å². The Morgan fingerprint density at radius 3 is 2.38 bits per heavy atom. The molecule has 0 saturated heterocycles. The van der Waals surface area contributed by atoms with E-state index in [1.165, 1.54) is 4.90 Å². The number of hydrogen-bond donors (Lipinski definition) is 2. The first-order valence-electron chi connectivity index (χ1n) is 6.93. The van der Waals surface area contributed by atoms with Gasteiger partial charge in [-0.15, -0.1) is 11.8 Å². The SMILES string of the molecule is CSc1ccc(OCC(O)C(N)Cc2ccccc2)cc1.